The van der Waals surface area contributed by atoms with Gasteiger partial charge in [0.05, 0.1) is 5.69 Å². The Labute approximate surface area is 190 Å². The standard InChI is InChI=1S/C21H23ClN4O3S2/c1-15-14-30-21(24-15)19-10-18(12-26(19)13-20(27)25-7-2-3-8-25)31(28,29)23-11-16-5-4-6-17(22)9-16/h4-6,9-10,12,14,23H,2-3,7-8,11,13H2,1H3. The SMILES string of the molecule is Cc1csc(-c2cc(S(=O)(=O)NCc3cccc(Cl)c3)cn2CC(=O)N2CCCC2)n1. The van der Waals surface area contributed by atoms with Crippen LogP contribution in [0.5, 0.6) is 0 Å². The molecule has 0 saturated carbocycles. The van der Waals surface area contributed by atoms with Crippen LogP contribution in [0.4, 0.5) is 0 Å². The Hall–Kier alpha value is -2.20. The first-order chi connectivity index (χ1) is 14.8. The Morgan fingerprint density at radius 3 is 2.71 bits per heavy atom. The molecule has 0 atom stereocenters. The van der Waals surface area contributed by atoms with Crippen LogP contribution in [0, 0.1) is 6.92 Å². The van der Waals surface area contributed by atoms with E-state index >= 15 is 0 Å². The Balaban J connectivity index is 1.60. The zero-order chi connectivity index (χ0) is 22.0. The molecule has 0 spiro atoms. The number of carbonyl (C=O) groups excluding carboxylic acids is 1. The number of halogens is 1. The van der Waals surface area contributed by atoms with Crippen molar-refractivity contribution in [2.75, 3.05) is 13.1 Å². The van der Waals surface area contributed by atoms with Crippen molar-refractivity contribution >= 4 is 38.9 Å². The summed E-state index contributed by atoms with van der Waals surface area (Å²) in [6, 6.07) is 8.61. The molecule has 0 unspecified atom stereocenters. The van der Waals surface area contributed by atoms with E-state index in [4.69, 9.17) is 11.6 Å². The van der Waals surface area contributed by atoms with Gasteiger partial charge in [-0.2, -0.15) is 0 Å². The first-order valence-corrected chi connectivity index (χ1v) is 12.7. The predicted octanol–water partition coefficient (Wildman–Crippen LogP) is 3.67. The lowest BCUT2D eigenvalue weighted by Crippen LogP contribution is -2.31. The zero-order valence-corrected chi connectivity index (χ0v) is 19.4. The summed E-state index contributed by atoms with van der Waals surface area (Å²) in [4.78, 5) is 19.1. The number of aryl methyl sites for hydroxylation is 1. The second-order valence-electron chi connectivity index (χ2n) is 7.53. The van der Waals surface area contributed by atoms with Crippen LogP contribution in [0.15, 0.2) is 46.8 Å². The summed E-state index contributed by atoms with van der Waals surface area (Å²) < 4.78 is 30.2. The minimum Gasteiger partial charge on any atom is -0.341 e. The van der Waals surface area contributed by atoms with Gasteiger partial charge in [0.1, 0.15) is 16.4 Å². The number of benzene rings is 1. The molecular formula is C21H23ClN4O3S2. The van der Waals surface area contributed by atoms with Gasteiger partial charge in [-0.25, -0.2) is 18.1 Å². The maximum Gasteiger partial charge on any atom is 0.242 e. The van der Waals surface area contributed by atoms with Gasteiger partial charge >= 0.3 is 0 Å². The van der Waals surface area contributed by atoms with Gasteiger partial charge in [0.25, 0.3) is 0 Å². The molecule has 1 aliphatic rings. The van der Waals surface area contributed by atoms with Crippen LogP contribution in [0.3, 0.4) is 0 Å². The number of thiazole rings is 1. The van der Waals surface area contributed by atoms with Crippen LogP contribution in [0.25, 0.3) is 10.7 Å². The van der Waals surface area contributed by atoms with E-state index in [0.29, 0.717) is 15.7 Å². The summed E-state index contributed by atoms with van der Waals surface area (Å²) in [6.07, 6.45) is 3.52. The molecular weight excluding hydrogens is 456 g/mol. The minimum atomic E-state index is -3.79. The van der Waals surface area contributed by atoms with Gasteiger partial charge < -0.3 is 9.47 Å². The minimum absolute atomic E-state index is 0.0153. The molecule has 1 saturated heterocycles. The average Bonchev–Trinajstić information content (AvgIpc) is 3.47. The first-order valence-electron chi connectivity index (χ1n) is 9.96. The van der Waals surface area contributed by atoms with Crippen molar-refractivity contribution in [3.63, 3.8) is 0 Å². The quantitative estimate of drug-likeness (QED) is 0.561. The highest BCUT2D eigenvalue weighted by Crippen LogP contribution is 2.28. The molecule has 31 heavy (non-hydrogen) atoms. The van der Waals surface area contributed by atoms with Crippen LogP contribution in [0.1, 0.15) is 24.1 Å². The Morgan fingerprint density at radius 1 is 1.26 bits per heavy atom. The van der Waals surface area contributed by atoms with E-state index in [2.05, 4.69) is 9.71 Å². The fourth-order valence-corrected chi connectivity index (χ4v) is 5.63. The fourth-order valence-electron chi connectivity index (χ4n) is 3.53. The molecule has 1 amide bonds. The molecule has 0 radical (unpaired) electrons. The van der Waals surface area contributed by atoms with Gasteiger partial charge in [-0.15, -0.1) is 11.3 Å². The van der Waals surface area contributed by atoms with Crippen LogP contribution in [0.2, 0.25) is 5.02 Å². The average molecular weight is 479 g/mol. The van der Waals surface area contributed by atoms with E-state index in [-0.39, 0.29) is 23.9 Å². The predicted molar refractivity (Wildman–Crippen MR) is 122 cm³/mol. The molecule has 4 rings (SSSR count). The lowest BCUT2D eigenvalue weighted by molar-refractivity contribution is -0.130. The number of likely N-dealkylation sites (tertiary alicyclic amines) is 1. The van der Waals surface area contributed by atoms with Crippen LogP contribution < -0.4 is 4.72 Å². The summed E-state index contributed by atoms with van der Waals surface area (Å²) in [5, 5.41) is 3.13. The van der Waals surface area contributed by atoms with E-state index in [1.54, 1.807) is 34.9 Å². The second-order valence-corrected chi connectivity index (χ2v) is 10.6. The van der Waals surface area contributed by atoms with Crippen molar-refractivity contribution in [1.29, 1.82) is 0 Å². The van der Waals surface area contributed by atoms with E-state index in [9.17, 15) is 13.2 Å². The molecule has 10 heteroatoms. The third-order valence-corrected chi connectivity index (χ3v) is 7.73. The monoisotopic (exact) mass is 478 g/mol. The van der Waals surface area contributed by atoms with Gasteiger partial charge in [-0.1, -0.05) is 23.7 Å². The number of amides is 1. The second kappa shape index (κ2) is 9.12. The van der Waals surface area contributed by atoms with Crippen LogP contribution in [-0.2, 0) is 27.9 Å². The molecule has 3 heterocycles. The van der Waals surface area contributed by atoms with Crippen LogP contribution in [-0.4, -0.2) is 41.9 Å². The molecule has 2 aromatic heterocycles. The third kappa shape index (κ3) is 5.17. The van der Waals surface area contributed by atoms with Crippen molar-refractivity contribution in [3.05, 3.63) is 58.2 Å². The molecule has 1 aliphatic heterocycles. The Bertz CT molecular complexity index is 1200. The normalized spacial score (nSPS) is 14.3. The maximum absolute atomic E-state index is 13.0. The van der Waals surface area contributed by atoms with Gasteiger partial charge in [-0.05, 0) is 43.5 Å². The number of rotatable bonds is 7. The number of aromatic nitrogens is 2. The van der Waals surface area contributed by atoms with Crippen molar-refractivity contribution in [3.8, 4) is 10.7 Å². The molecule has 0 bridgehead atoms. The summed E-state index contributed by atoms with van der Waals surface area (Å²) in [5.41, 5.74) is 2.23. The molecule has 0 aliphatic carbocycles. The lowest BCUT2D eigenvalue weighted by Gasteiger charge is -2.16. The van der Waals surface area contributed by atoms with E-state index in [0.717, 1.165) is 37.2 Å². The number of sulfonamides is 1. The molecule has 1 N–H and O–H groups in total. The highest BCUT2D eigenvalue weighted by Gasteiger charge is 2.24. The van der Waals surface area contributed by atoms with Gasteiger partial charge in [0, 0.05) is 41.9 Å². The van der Waals surface area contributed by atoms with Crippen molar-refractivity contribution in [2.24, 2.45) is 0 Å². The fraction of sp³-hybridized carbons (Fsp3) is 0.333. The molecule has 1 aromatic carbocycles. The topological polar surface area (TPSA) is 84.3 Å². The molecule has 3 aromatic rings. The number of nitrogens with one attached hydrogen (secondary N) is 1. The van der Waals surface area contributed by atoms with Gasteiger partial charge in [0.2, 0.25) is 15.9 Å². The van der Waals surface area contributed by atoms with E-state index in [1.807, 2.05) is 17.2 Å². The summed E-state index contributed by atoms with van der Waals surface area (Å²) in [5.74, 6) is -0.0153. The largest absolute Gasteiger partial charge is 0.341 e. The summed E-state index contributed by atoms with van der Waals surface area (Å²) >= 11 is 7.41. The number of carbonyl (C=O) groups is 1. The maximum atomic E-state index is 13.0. The molecule has 164 valence electrons. The van der Waals surface area contributed by atoms with Crippen LogP contribution >= 0.6 is 22.9 Å². The third-order valence-electron chi connectivity index (χ3n) is 5.14. The molecule has 1 fully saturated rings. The van der Waals surface area contributed by atoms with E-state index < -0.39 is 10.0 Å². The zero-order valence-electron chi connectivity index (χ0n) is 17.0. The van der Waals surface area contributed by atoms with Crippen molar-refractivity contribution < 1.29 is 13.2 Å². The summed E-state index contributed by atoms with van der Waals surface area (Å²) in [6.45, 7) is 3.58. The Morgan fingerprint density at radius 2 is 2.03 bits per heavy atom. The number of hydrogen-bond acceptors (Lipinski definition) is 5. The van der Waals surface area contributed by atoms with Crippen molar-refractivity contribution in [2.45, 2.75) is 37.8 Å². The number of nitrogens with zero attached hydrogens (tertiary/aromatic N) is 3. The smallest absolute Gasteiger partial charge is 0.242 e. The first kappa shape index (κ1) is 22.0. The Kier molecular flexibility index (Phi) is 6.47. The number of hydrogen-bond donors (Lipinski definition) is 1. The van der Waals surface area contributed by atoms with E-state index in [1.165, 1.54) is 17.5 Å². The molecule has 7 nitrogen and oxygen atoms in total. The van der Waals surface area contributed by atoms with Crippen molar-refractivity contribution in [1.82, 2.24) is 19.2 Å². The van der Waals surface area contributed by atoms with Gasteiger partial charge in [0.15, 0.2) is 0 Å². The van der Waals surface area contributed by atoms with Gasteiger partial charge in [-0.3, -0.25) is 4.79 Å². The highest BCUT2D eigenvalue weighted by atomic mass is 35.5. The lowest BCUT2D eigenvalue weighted by atomic mass is 10.2. The summed E-state index contributed by atoms with van der Waals surface area (Å²) in [7, 11) is -3.79. The highest BCUT2D eigenvalue weighted by molar-refractivity contribution is 7.89.